The van der Waals surface area contributed by atoms with Crippen molar-refractivity contribution in [1.29, 1.82) is 0 Å². The molecule has 0 N–H and O–H groups in total. The van der Waals surface area contributed by atoms with Gasteiger partial charge >= 0.3 is 0 Å². The van der Waals surface area contributed by atoms with E-state index in [9.17, 15) is 4.79 Å². The lowest BCUT2D eigenvalue weighted by atomic mass is 10.3. The van der Waals surface area contributed by atoms with Crippen molar-refractivity contribution in [2.75, 3.05) is 4.90 Å². The van der Waals surface area contributed by atoms with Crippen molar-refractivity contribution < 1.29 is 4.79 Å². The molecule has 0 bridgehead atoms. The molecular weight excluding hydrogens is 304 g/mol. The predicted octanol–water partition coefficient (Wildman–Crippen LogP) is 4.28. The van der Waals surface area contributed by atoms with Crippen LogP contribution in [-0.2, 0) is 4.79 Å². The number of aliphatic imine (C=N–C) groups is 1. The lowest BCUT2D eigenvalue weighted by Crippen LogP contribution is -2.32. The Morgan fingerprint density at radius 2 is 2.05 bits per heavy atom. The first-order valence-corrected chi connectivity index (χ1v) is 7.91. The molecule has 1 fully saturated rings. The van der Waals surface area contributed by atoms with Crippen LogP contribution in [0.4, 0.5) is 11.4 Å². The Morgan fingerprint density at radius 3 is 2.90 bits per heavy atom. The van der Waals surface area contributed by atoms with Gasteiger partial charge in [0.25, 0.3) is 0 Å². The third-order valence-corrected chi connectivity index (χ3v) is 5.06. The number of carbonyl (C=O) groups is 1. The monoisotopic (exact) mass is 314 g/mol. The summed E-state index contributed by atoms with van der Waals surface area (Å²) in [5.74, 6) is 0.882. The summed E-state index contributed by atoms with van der Waals surface area (Å²) in [5, 5.41) is 0.708. The standard InChI is InChI=1S/C16H11ClN2OS/c17-10-4-3-5-11(8-10)19-15(20)9-14-16(19)18-12-6-1-2-7-13(12)21-14/h1-8,14H,9H2. The molecule has 1 amide bonds. The number of carbonyl (C=O) groups excluding carboxylic acids is 1. The van der Waals surface area contributed by atoms with Gasteiger partial charge in [0.05, 0.1) is 16.6 Å². The second-order valence-electron chi connectivity index (χ2n) is 4.96. The molecule has 3 nitrogen and oxygen atoms in total. The number of hydrogen-bond acceptors (Lipinski definition) is 3. The van der Waals surface area contributed by atoms with Crippen LogP contribution in [0.1, 0.15) is 6.42 Å². The van der Waals surface area contributed by atoms with Crippen LogP contribution < -0.4 is 4.90 Å². The molecule has 0 aliphatic carbocycles. The number of nitrogens with zero attached hydrogens (tertiary/aromatic N) is 2. The molecule has 1 atom stereocenters. The van der Waals surface area contributed by atoms with Crippen LogP contribution in [0.5, 0.6) is 0 Å². The fourth-order valence-electron chi connectivity index (χ4n) is 2.65. The van der Waals surface area contributed by atoms with Gasteiger partial charge in [-0.3, -0.25) is 9.69 Å². The van der Waals surface area contributed by atoms with Crippen molar-refractivity contribution >= 4 is 46.5 Å². The van der Waals surface area contributed by atoms with Crippen molar-refractivity contribution in [3.05, 3.63) is 53.6 Å². The minimum Gasteiger partial charge on any atom is -0.274 e. The lowest BCUT2D eigenvalue weighted by Gasteiger charge is -2.23. The highest BCUT2D eigenvalue weighted by Crippen LogP contribution is 2.43. The topological polar surface area (TPSA) is 32.7 Å². The van der Waals surface area contributed by atoms with E-state index in [1.165, 1.54) is 0 Å². The number of para-hydroxylation sites is 1. The second kappa shape index (κ2) is 4.90. The number of benzene rings is 2. The maximum absolute atomic E-state index is 12.4. The number of hydrogen-bond donors (Lipinski definition) is 0. The van der Waals surface area contributed by atoms with Gasteiger partial charge < -0.3 is 0 Å². The molecule has 4 rings (SSSR count). The van der Waals surface area contributed by atoms with Gasteiger partial charge in [-0.05, 0) is 30.3 Å². The molecule has 2 aliphatic rings. The molecular formula is C16H11ClN2OS. The number of thioether (sulfide) groups is 1. The largest absolute Gasteiger partial charge is 0.274 e. The second-order valence-corrected chi connectivity index (χ2v) is 6.64. The number of fused-ring (bicyclic) bond motifs is 2. The molecule has 0 aromatic heterocycles. The fourth-order valence-corrected chi connectivity index (χ4v) is 4.02. The highest BCUT2D eigenvalue weighted by Gasteiger charge is 2.40. The molecule has 2 heterocycles. The van der Waals surface area contributed by atoms with Crippen LogP contribution in [0.2, 0.25) is 5.02 Å². The first-order chi connectivity index (χ1) is 10.2. The predicted molar refractivity (Wildman–Crippen MR) is 86.7 cm³/mol. The van der Waals surface area contributed by atoms with E-state index in [2.05, 4.69) is 0 Å². The molecule has 0 spiro atoms. The summed E-state index contributed by atoms with van der Waals surface area (Å²) in [6.07, 6.45) is 0.477. The first-order valence-electron chi connectivity index (χ1n) is 6.65. The van der Waals surface area contributed by atoms with E-state index < -0.39 is 0 Å². The third kappa shape index (κ3) is 2.15. The first kappa shape index (κ1) is 12.9. The normalized spacial score (nSPS) is 20.0. The quantitative estimate of drug-likeness (QED) is 0.787. The van der Waals surface area contributed by atoms with Crippen LogP contribution in [0.15, 0.2) is 58.4 Å². The molecule has 21 heavy (non-hydrogen) atoms. The van der Waals surface area contributed by atoms with Gasteiger partial charge in [-0.15, -0.1) is 11.8 Å². The highest BCUT2D eigenvalue weighted by molar-refractivity contribution is 8.01. The molecule has 2 aromatic rings. The van der Waals surface area contributed by atoms with Gasteiger partial charge in [-0.2, -0.15) is 0 Å². The minimum absolute atomic E-state index is 0.0707. The van der Waals surface area contributed by atoms with E-state index in [0.717, 1.165) is 22.1 Å². The number of anilines is 1. The molecule has 2 aromatic carbocycles. The lowest BCUT2D eigenvalue weighted by molar-refractivity contribution is -0.116. The smallest absolute Gasteiger partial charge is 0.234 e. The average molecular weight is 315 g/mol. The summed E-state index contributed by atoms with van der Waals surface area (Å²) in [6.45, 7) is 0. The molecule has 5 heteroatoms. The zero-order valence-electron chi connectivity index (χ0n) is 11.0. The number of rotatable bonds is 1. The van der Waals surface area contributed by atoms with Crippen molar-refractivity contribution in [2.45, 2.75) is 16.6 Å². The van der Waals surface area contributed by atoms with Crippen LogP contribution in [-0.4, -0.2) is 17.0 Å². The molecule has 0 saturated carbocycles. The zero-order chi connectivity index (χ0) is 14.4. The van der Waals surface area contributed by atoms with E-state index in [-0.39, 0.29) is 11.2 Å². The summed E-state index contributed by atoms with van der Waals surface area (Å²) in [7, 11) is 0. The summed E-state index contributed by atoms with van der Waals surface area (Å²) in [4.78, 5) is 19.9. The average Bonchev–Trinajstić information content (AvgIpc) is 2.79. The van der Waals surface area contributed by atoms with Gasteiger partial charge in [0, 0.05) is 16.3 Å². The molecule has 0 radical (unpaired) electrons. The van der Waals surface area contributed by atoms with E-state index in [1.807, 2.05) is 36.4 Å². The number of amidine groups is 1. The molecule has 104 valence electrons. The van der Waals surface area contributed by atoms with Crippen molar-refractivity contribution in [2.24, 2.45) is 4.99 Å². The van der Waals surface area contributed by atoms with Gasteiger partial charge in [0.1, 0.15) is 5.84 Å². The SMILES string of the molecule is O=C1CC2Sc3ccccc3N=C2N1c1cccc(Cl)c1. The van der Waals surface area contributed by atoms with Gasteiger partial charge in [0.15, 0.2) is 0 Å². The van der Waals surface area contributed by atoms with E-state index >= 15 is 0 Å². The van der Waals surface area contributed by atoms with Crippen LogP contribution in [0.3, 0.4) is 0 Å². The van der Waals surface area contributed by atoms with Crippen LogP contribution in [0.25, 0.3) is 0 Å². The van der Waals surface area contributed by atoms with Gasteiger partial charge in [-0.25, -0.2) is 4.99 Å². The number of amides is 1. The Hall–Kier alpha value is -1.78. The van der Waals surface area contributed by atoms with E-state index in [1.54, 1.807) is 28.8 Å². The van der Waals surface area contributed by atoms with Crippen molar-refractivity contribution in [3.8, 4) is 0 Å². The van der Waals surface area contributed by atoms with Crippen molar-refractivity contribution in [1.82, 2.24) is 0 Å². The maximum atomic E-state index is 12.4. The molecule has 2 aliphatic heterocycles. The Bertz CT molecular complexity index is 774. The van der Waals surface area contributed by atoms with Crippen LogP contribution in [0, 0.1) is 0 Å². The van der Waals surface area contributed by atoms with Gasteiger partial charge in [0.2, 0.25) is 5.91 Å². The zero-order valence-corrected chi connectivity index (χ0v) is 12.6. The summed E-state index contributed by atoms with van der Waals surface area (Å²) >= 11 is 7.75. The maximum Gasteiger partial charge on any atom is 0.234 e. The summed E-state index contributed by atoms with van der Waals surface area (Å²) in [6, 6.07) is 15.3. The fraction of sp³-hybridized carbons (Fsp3) is 0.125. The molecule has 1 saturated heterocycles. The Labute approximate surface area is 131 Å². The van der Waals surface area contributed by atoms with E-state index in [4.69, 9.17) is 16.6 Å². The molecule has 1 unspecified atom stereocenters. The minimum atomic E-state index is 0.0707. The summed E-state index contributed by atoms with van der Waals surface area (Å²) < 4.78 is 0. The number of halogens is 1. The Kier molecular flexibility index (Phi) is 3.01. The highest BCUT2D eigenvalue weighted by atomic mass is 35.5. The Balaban J connectivity index is 1.82. The third-order valence-electron chi connectivity index (χ3n) is 3.56. The Morgan fingerprint density at radius 1 is 1.19 bits per heavy atom. The van der Waals surface area contributed by atoms with E-state index in [0.29, 0.717) is 11.4 Å². The van der Waals surface area contributed by atoms with Gasteiger partial charge in [-0.1, -0.05) is 29.8 Å². The van der Waals surface area contributed by atoms with Crippen molar-refractivity contribution in [3.63, 3.8) is 0 Å². The van der Waals surface area contributed by atoms with Crippen LogP contribution >= 0.6 is 23.4 Å². The summed E-state index contributed by atoms with van der Waals surface area (Å²) in [5.41, 5.74) is 1.71.